The molecule has 1 saturated heterocycles. The molecule has 1 aromatic carbocycles. The monoisotopic (exact) mass is 630 g/mol. The molecule has 1 saturated carbocycles. The minimum absolute atomic E-state index is 0.0121. The molecule has 2 heterocycles. The van der Waals surface area contributed by atoms with Crippen LogP contribution in [0.1, 0.15) is 61.1 Å². The third kappa shape index (κ3) is 5.94. The number of nitrogens with zero attached hydrogens (tertiary/aromatic N) is 2. The van der Waals surface area contributed by atoms with E-state index < -0.39 is 86.4 Å². The summed E-state index contributed by atoms with van der Waals surface area (Å²) in [5.74, 6) is -2.99. The number of halogens is 7. The average molecular weight is 631 g/mol. The van der Waals surface area contributed by atoms with Crippen LogP contribution in [0.25, 0.3) is 0 Å². The number of carbonyl (C=O) groups is 1. The summed E-state index contributed by atoms with van der Waals surface area (Å²) in [6, 6.07) is 2.32. The molecule has 1 aromatic heterocycles. The summed E-state index contributed by atoms with van der Waals surface area (Å²) < 4.78 is 144. The third-order valence-corrected chi connectivity index (χ3v) is 12.4. The second-order valence-corrected chi connectivity index (χ2v) is 15.3. The van der Waals surface area contributed by atoms with Crippen molar-refractivity contribution in [3.63, 3.8) is 0 Å². The zero-order valence-corrected chi connectivity index (χ0v) is 23.3. The molecule has 16 heteroatoms. The van der Waals surface area contributed by atoms with E-state index in [1.165, 1.54) is 18.7 Å². The van der Waals surface area contributed by atoms with Gasteiger partial charge in [0.25, 0.3) is 5.91 Å². The molecule has 2 fully saturated rings. The number of carbonyl (C=O) groups excluding carboxylic acids is 1. The van der Waals surface area contributed by atoms with E-state index in [-0.39, 0.29) is 44.8 Å². The molecular weight excluding hydrogens is 605 g/mol. The van der Waals surface area contributed by atoms with Gasteiger partial charge in [0.2, 0.25) is 0 Å². The standard InChI is InChI=1S/C25H25F7N2O5S2/c1-23(2,41(38,39)18-12-15(24(27,28)29)11-16(26)13-18)14-7-9-34(10-8-14)22(35)19-5-6-20(25(30,31)32)33-21(19)40(36,37)17-3-4-17/h5-6,11-14,17H,3-4,7-10H2,1-2H3. The molecule has 0 unspecified atom stereocenters. The molecule has 2 aliphatic rings. The van der Waals surface area contributed by atoms with Crippen molar-refractivity contribution in [3.05, 3.63) is 53.0 Å². The fraction of sp³-hybridized carbons (Fsp3) is 0.520. The molecule has 0 atom stereocenters. The number of likely N-dealkylation sites (tertiary alicyclic amines) is 1. The van der Waals surface area contributed by atoms with Crippen LogP contribution in [0.4, 0.5) is 30.7 Å². The lowest BCUT2D eigenvalue weighted by atomic mass is 9.85. The maximum absolute atomic E-state index is 14.0. The number of sulfone groups is 2. The van der Waals surface area contributed by atoms with Crippen molar-refractivity contribution in [3.8, 4) is 0 Å². The van der Waals surface area contributed by atoms with Crippen LogP contribution in [0.2, 0.25) is 0 Å². The van der Waals surface area contributed by atoms with E-state index in [0.29, 0.717) is 18.2 Å². The molecule has 0 bridgehead atoms. The van der Waals surface area contributed by atoms with Crippen molar-refractivity contribution in [2.24, 2.45) is 5.92 Å². The van der Waals surface area contributed by atoms with Gasteiger partial charge in [-0.25, -0.2) is 26.2 Å². The first kappa shape index (κ1) is 31.2. The number of hydrogen-bond donors (Lipinski definition) is 0. The number of piperidine rings is 1. The summed E-state index contributed by atoms with van der Waals surface area (Å²) in [4.78, 5) is 16.9. The Hall–Kier alpha value is -2.75. The maximum atomic E-state index is 14.0. The van der Waals surface area contributed by atoms with Gasteiger partial charge in [0.15, 0.2) is 24.7 Å². The molecule has 0 radical (unpaired) electrons. The highest BCUT2D eigenvalue weighted by Gasteiger charge is 2.47. The van der Waals surface area contributed by atoms with Crippen LogP contribution in [0.15, 0.2) is 40.3 Å². The molecule has 1 aliphatic heterocycles. The van der Waals surface area contributed by atoms with Crippen LogP contribution < -0.4 is 0 Å². The van der Waals surface area contributed by atoms with Crippen molar-refractivity contribution >= 4 is 25.6 Å². The predicted molar refractivity (Wildman–Crippen MR) is 131 cm³/mol. The Kier molecular flexibility index (Phi) is 7.77. The van der Waals surface area contributed by atoms with E-state index in [2.05, 4.69) is 4.98 Å². The lowest BCUT2D eigenvalue weighted by molar-refractivity contribution is -0.141. The summed E-state index contributed by atoms with van der Waals surface area (Å²) in [5, 5.41) is -1.90. The normalized spacial score (nSPS) is 18.0. The van der Waals surface area contributed by atoms with Gasteiger partial charge in [-0.05, 0) is 75.8 Å². The van der Waals surface area contributed by atoms with Gasteiger partial charge in [0.05, 0.1) is 26.0 Å². The molecule has 4 rings (SSSR count). The Labute approximate surface area is 231 Å². The quantitative estimate of drug-likeness (QED) is 0.402. The zero-order valence-electron chi connectivity index (χ0n) is 21.7. The summed E-state index contributed by atoms with van der Waals surface area (Å²) in [7, 11) is -8.83. The molecule has 7 nitrogen and oxygen atoms in total. The third-order valence-electron chi connectivity index (χ3n) is 7.58. The van der Waals surface area contributed by atoms with E-state index in [4.69, 9.17) is 0 Å². The van der Waals surface area contributed by atoms with Crippen molar-refractivity contribution in [2.75, 3.05) is 13.1 Å². The first-order valence-corrected chi connectivity index (χ1v) is 15.4. The number of benzene rings is 1. The molecule has 2 aromatic rings. The average Bonchev–Trinajstić information content (AvgIpc) is 3.73. The Morgan fingerprint density at radius 1 is 0.878 bits per heavy atom. The van der Waals surface area contributed by atoms with Crippen molar-refractivity contribution in [1.82, 2.24) is 9.88 Å². The van der Waals surface area contributed by atoms with Gasteiger partial charge in [0, 0.05) is 13.1 Å². The molecule has 226 valence electrons. The van der Waals surface area contributed by atoms with E-state index in [0.717, 1.165) is 6.07 Å². The minimum Gasteiger partial charge on any atom is -0.339 e. The fourth-order valence-electron chi connectivity index (χ4n) is 4.87. The number of amides is 1. The SMILES string of the molecule is CC(C)(C1CCN(C(=O)c2ccc(C(F)(F)F)nc2S(=O)(=O)C2CC2)CC1)S(=O)(=O)c1cc(F)cc(C(F)(F)F)c1. The largest absolute Gasteiger partial charge is 0.433 e. The van der Waals surface area contributed by atoms with E-state index in [1.807, 2.05) is 0 Å². The Morgan fingerprint density at radius 3 is 1.98 bits per heavy atom. The summed E-state index contributed by atoms with van der Waals surface area (Å²) in [6.45, 7) is 2.32. The van der Waals surface area contributed by atoms with Gasteiger partial charge in [-0.3, -0.25) is 4.79 Å². The molecule has 1 aliphatic carbocycles. The lowest BCUT2D eigenvalue weighted by Gasteiger charge is -2.40. The Morgan fingerprint density at radius 2 is 1.46 bits per heavy atom. The highest BCUT2D eigenvalue weighted by Crippen LogP contribution is 2.41. The Bertz CT molecular complexity index is 1570. The van der Waals surface area contributed by atoms with Crippen molar-refractivity contribution in [1.29, 1.82) is 0 Å². The summed E-state index contributed by atoms with van der Waals surface area (Å²) in [5.41, 5.74) is -3.46. The summed E-state index contributed by atoms with van der Waals surface area (Å²) in [6.07, 6.45) is -9.47. The van der Waals surface area contributed by atoms with Crippen LogP contribution in [0.5, 0.6) is 0 Å². The van der Waals surface area contributed by atoms with Gasteiger partial charge in [-0.15, -0.1) is 0 Å². The number of pyridine rings is 1. The number of hydrogen-bond acceptors (Lipinski definition) is 6. The molecule has 1 amide bonds. The van der Waals surface area contributed by atoms with Gasteiger partial charge >= 0.3 is 12.4 Å². The van der Waals surface area contributed by atoms with Crippen molar-refractivity contribution in [2.45, 2.75) is 71.8 Å². The predicted octanol–water partition coefficient (Wildman–Crippen LogP) is 5.30. The van der Waals surface area contributed by atoms with Crippen LogP contribution in [-0.4, -0.2) is 55.7 Å². The highest BCUT2D eigenvalue weighted by atomic mass is 32.2. The van der Waals surface area contributed by atoms with E-state index in [1.54, 1.807) is 0 Å². The first-order valence-electron chi connectivity index (χ1n) is 12.4. The van der Waals surface area contributed by atoms with Gasteiger partial charge in [-0.1, -0.05) is 0 Å². The Balaban J connectivity index is 1.58. The highest BCUT2D eigenvalue weighted by molar-refractivity contribution is 7.93. The second-order valence-electron chi connectivity index (χ2n) is 10.6. The molecule has 0 spiro atoms. The molecule has 0 N–H and O–H groups in total. The van der Waals surface area contributed by atoms with E-state index >= 15 is 0 Å². The maximum Gasteiger partial charge on any atom is 0.433 e. The number of alkyl halides is 6. The molecular formula is C25H25F7N2O5S2. The number of rotatable bonds is 6. The van der Waals surface area contributed by atoms with Crippen LogP contribution in [0, 0.1) is 11.7 Å². The smallest absolute Gasteiger partial charge is 0.339 e. The van der Waals surface area contributed by atoms with Gasteiger partial charge in [-0.2, -0.15) is 26.3 Å². The zero-order chi connectivity index (χ0) is 30.8. The van der Waals surface area contributed by atoms with Crippen LogP contribution in [0.3, 0.4) is 0 Å². The van der Waals surface area contributed by atoms with E-state index in [9.17, 15) is 52.4 Å². The van der Waals surface area contributed by atoms with Crippen LogP contribution >= 0.6 is 0 Å². The lowest BCUT2D eigenvalue weighted by Crippen LogP contribution is -2.48. The summed E-state index contributed by atoms with van der Waals surface area (Å²) >= 11 is 0. The number of aromatic nitrogens is 1. The fourth-order valence-corrected chi connectivity index (χ4v) is 8.46. The second kappa shape index (κ2) is 10.2. The van der Waals surface area contributed by atoms with Gasteiger partial charge in [0.1, 0.15) is 11.5 Å². The van der Waals surface area contributed by atoms with Crippen LogP contribution in [-0.2, 0) is 32.0 Å². The first-order chi connectivity index (χ1) is 18.7. The van der Waals surface area contributed by atoms with Crippen molar-refractivity contribution < 1.29 is 52.4 Å². The minimum atomic E-state index is -4.98. The van der Waals surface area contributed by atoms with Gasteiger partial charge < -0.3 is 4.90 Å². The molecule has 41 heavy (non-hydrogen) atoms. The topological polar surface area (TPSA) is 101 Å².